The lowest BCUT2D eigenvalue weighted by Crippen LogP contribution is -2.72. The molecule has 8 aromatic carbocycles. The van der Waals surface area contributed by atoms with Gasteiger partial charge in [-0.15, -0.1) is 9.13 Å². The third kappa shape index (κ3) is 6.40. The second-order valence-corrected chi connectivity index (χ2v) is 28.2. The van der Waals surface area contributed by atoms with E-state index in [0.717, 1.165) is 106 Å². The van der Waals surface area contributed by atoms with Gasteiger partial charge >= 0.3 is 11.5 Å². The molecular formula is C66H58FN3OSi+2. The number of hydrogen-bond acceptors (Lipinski definition) is 1. The Kier molecular flexibility index (Phi) is 9.48. The third-order valence-corrected chi connectivity index (χ3v) is 17.5. The third-order valence-electron chi connectivity index (χ3n) is 15.5. The van der Waals surface area contributed by atoms with E-state index in [1.807, 2.05) is 12.1 Å². The summed E-state index contributed by atoms with van der Waals surface area (Å²) in [6, 6.07) is 65.1. The molecule has 0 saturated carbocycles. The first-order valence-corrected chi connectivity index (χ1v) is 28.9. The summed E-state index contributed by atoms with van der Waals surface area (Å²) in [5.74, 6) is 0.752. The maximum absolute atomic E-state index is 16.6. The van der Waals surface area contributed by atoms with Gasteiger partial charge in [0.15, 0.2) is 17.2 Å². The van der Waals surface area contributed by atoms with E-state index in [1.54, 1.807) is 6.07 Å². The van der Waals surface area contributed by atoms with Gasteiger partial charge in [-0.3, -0.25) is 0 Å². The summed E-state index contributed by atoms with van der Waals surface area (Å²) in [5, 5.41) is 3.47. The van der Waals surface area contributed by atoms with Crippen LogP contribution in [-0.4, -0.2) is 12.6 Å². The number of benzene rings is 8. The summed E-state index contributed by atoms with van der Waals surface area (Å²) in [7, 11) is -2.03. The fourth-order valence-corrected chi connectivity index (χ4v) is 13.9. The second-order valence-electron chi connectivity index (χ2n) is 23.2. The van der Waals surface area contributed by atoms with Crippen LogP contribution in [0.5, 0.6) is 0 Å². The van der Waals surface area contributed by atoms with Crippen LogP contribution < -0.4 is 14.3 Å². The molecule has 13 rings (SSSR count). The quantitative estimate of drug-likeness (QED) is 0.125. The number of aromatic nitrogens is 3. The van der Waals surface area contributed by atoms with Crippen molar-refractivity contribution in [3.8, 4) is 61.7 Å². The summed E-state index contributed by atoms with van der Waals surface area (Å²) in [4.78, 5) is 0. The molecule has 1 spiro atoms. The van der Waals surface area contributed by atoms with Gasteiger partial charge in [0.05, 0.1) is 30.3 Å². The van der Waals surface area contributed by atoms with Gasteiger partial charge in [0.2, 0.25) is 5.69 Å². The first-order chi connectivity index (χ1) is 34.5. The average Bonchev–Trinajstić information content (AvgIpc) is 4.07. The van der Waals surface area contributed by atoms with Crippen LogP contribution in [0.25, 0.3) is 94.7 Å². The SMILES string of the molecule is CC(C)(C)c1cc(-c2ccccc2)c(-n2c3[n+](c4ccccc42)C2(c4cc(F)ccc4-c4cc(C(C)(C)C)c([Si](C)(C)C)c[n+]42)c2cc4oc5cc(-c6ccccc6)ccc5c4cc2-3)c(-c2ccccc2)c1. The molecule has 6 heteroatoms. The highest BCUT2D eigenvalue weighted by Gasteiger charge is 2.67. The Hall–Kier alpha value is -7.67. The van der Waals surface area contributed by atoms with Crippen molar-refractivity contribution < 1.29 is 17.9 Å². The highest BCUT2D eigenvalue weighted by atomic mass is 28.3. The van der Waals surface area contributed by atoms with E-state index in [9.17, 15) is 0 Å². The molecule has 4 nitrogen and oxygen atoms in total. The maximum atomic E-state index is 16.6. The number of fused-ring (bicyclic) bond motifs is 15. The lowest BCUT2D eigenvalue weighted by Gasteiger charge is -2.29. The Morgan fingerprint density at radius 1 is 0.528 bits per heavy atom. The molecule has 352 valence electrons. The van der Waals surface area contributed by atoms with Crippen LogP contribution in [0.4, 0.5) is 4.39 Å². The number of rotatable bonds is 5. The summed E-state index contributed by atoms with van der Waals surface area (Å²) in [6.07, 6.45) is 2.47. The first kappa shape index (κ1) is 44.3. The minimum atomic E-state index is -2.03. The van der Waals surface area contributed by atoms with Gasteiger partial charge in [0.25, 0.3) is 0 Å². The molecule has 5 heterocycles. The zero-order valence-electron chi connectivity index (χ0n) is 42.5. The molecule has 72 heavy (non-hydrogen) atoms. The molecule has 0 N–H and O–H groups in total. The van der Waals surface area contributed by atoms with E-state index in [-0.39, 0.29) is 16.6 Å². The smallest absolute Gasteiger partial charge is 0.365 e. The highest BCUT2D eigenvalue weighted by molar-refractivity contribution is 6.89. The van der Waals surface area contributed by atoms with Crippen molar-refractivity contribution in [1.29, 1.82) is 0 Å². The number of imidazole rings is 1. The molecule has 0 radical (unpaired) electrons. The van der Waals surface area contributed by atoms with Crippen LogP contribution in [0.1, 0.15) is 63.8 Å². The van der Waals surface area contributed by atoms with Gasteiger partial charge < -0.3 is 4.42 Å². The lowest BCUT2D eigenvalue weighted by atomic mass is 9.82. The monoisotopic (exact) mass is 955 g/mol. The molecular weight excluding hydrogens is 898 g/mol. The van der Waals surface area contributed by atoms with E-state index in [0.29, 0.717) is 0 Å². The molecule has 0 saturated heterocycles. The Bertz CT molecular complexity index is 3980. The molecule has 0 bridgehead atoms. The van der Waals surface area contributed by atoms with Crippen molar-refractivity contribution >= 4 is 46.2 Å². The van der Waals surface area contributed by atoms with E-state index in [2.05, 4.69) is 245 Å². The maximum Gasteiger partial charge on any atom is 0.365 e. The number of nitrogens with zero attached hydrogens (tertiary/aromatic N) is 3. The largest absolute Gasteiger partial charge is 0.456 e. The average molecular weight is 956 g/mol. The lowest BCUT2D eigenvalue weighted by molar-refractivity contribution is -0.944. The molecule has 11 aromatic rings. The van der Waals surface area contributed by atoms with E-state index in [4.69, 9.17) is 4.42 Å². The number of furan rings is 1. The summed E-state index contributed by atoms with van der Waals surface area (Å²) in [5.41, 5.74) is 17.9. The predicted molar refractivity (Wildman–Crippen MR) is 296 cm³/mol. The second kappa shape index (κ2) is 15.4. The minimum Gasteiger partial charge on any atom is -0.456 e. The molecule has 0 aliphatic carbocycles. The van der Waals surface area contributed by atoms with Gasteiger partial charge in [-0.1, -0.05) is 170 Å². The predicted octanol–water partition coefficient (Wildman–Crippen LogP) is 15.6. The fraction of sp³-hybridized carbons (Fsp3) is 0.182. The van der Waals surface area contributed by atoms with E-state index < -0.39 is 13.7 Å². The highest BCUT2D eigenvalue weighted by Crippen LogP contribution is 2.53. The summed E-state index contributed by atoms with van der Waals surface area (Å²) >= 11 is 0. The van der Waals surface area contributed by atoms with Crippen molar-refractivity contribution in [1.82, 2.24) is 4.57 Å². The Labute approximate surface area is 422 Å². The molecule has 0 amide bonds. The zero-order valence-corrected chi connectivity index (χ0v) is 43.5. The molecule has 1 atom stereocenters. The molecule has 0 fully saturated rings. The Morgan fingerprint density at radius 3 is 1.75 bits per heavy atom. The topological polar surface area (TPSA) is 25.8 Å². The van der Waals surface area contributed by atoms with Crippen molar-refractivity contribution in [2.75, 3.05) is 0 Å². The Morgan fingerprint density at radius 2 is 1.12 bits per heavy atom. The molecule has 2 aliphatic rings. The Balaban J connectivity index is 1.25. The van der Waals surface area contributed by atoms with Gasteiger partial charge in [-0.25, -0.2) is 4.39 Å². The van der Waals surface area contributed by atoms with Crippen LogP contribution in [-0.2, 0) is 16.5 Å². The molecule has 3 aromatic heterocycles. The molecule has 2 aliphatic heterocycles. The van der Waals surface area contributed by atoms with Crippen molar-refractivity contribution in [3.63, 3.8) is 0 Å². The van der Waals surface area contributed by atoms with Gasteiger partial charge in [0.1, 0.15) is 22.7 Å². The first-order valence-electron chi connectivity index (χ1n) is 25.4. The zero-order chi connectivity index (χ0) is 49.6. The number of halogens is 1. The number of hydrogen-bond donors (Lipinski definition) is 0. The fourth-order valence-electron chi connectivity index (χ4n) is 12.1. The van der Waals surface area contributed by atoms with Crippen LogP contribution in [0, 0.1) is 5.82 Å². The van der Waals surface area contributed by atoms with Gasteiger partial charge in [-0.2, -0.15) is 4.57 Å². The normalized spacial score (nSPS) is 15.1. The standard InChI is InChI=1S/C66H58FN3OSi/c1-64(2,3)45-34-49(42-23-15-11-16-24-42)62(50(35-45)43-25-17-12-18-26-43)69-56-27-19-20-28-57(56)70-63(69)52-37-51-47-31-29-44(41-21-13-10-14-22-41)33-59(47)71-60(51)39-54(52)66(70)53-36-46(67)30-32-48(53)58-38-55(65(4,5)6)61(40-68(58)66)72(7,8)9/h10-40H,1-9H3/q+2. The minimum absolute atomic E-state index is 0.136. The van der Waals surface area contributed by atoms with Crippen LogP contribution in [0.2, 0.25) is 19.6 Å². The van der Waals surface area contributed by atoms with Crippen molar-refractivity contribution in [2.24, 2.45) is 0 Å². The van der Waals surface area contributed by atoms with Crippen molar-refractivity contribution in [3.05, 3.63) is 216 Å². The van der Waals surface area contributed by atoms with Gasteiger partial charge in [-0.05, 0) is 111 Å². The van der Waals surface area contributed by atoms with Crippen LogP contribution >= 0.6 is 0 Å². The summed E-state index contributed by atoms with van der Waals surface area (Å²) < 4.78 is 31.3. The summed E-state index contributed by atoms with van der Waals surface area (Å²) in [6.45, 7) is 21.2. The van der Waals surface area contributed by atoms with Crippen molar-refractivity contribution in [2.45, 2.75) is 77.7 Å². The number of para-hydroxylation sites is 2. The van der Waals surface area contributed by atoms with E-state index >= 15 is 4.39 Å². The number of pyridine rings is 1. The molecule has 1 unspecified atom stereocenters. The van der Waals surface area contributed by atoms with Crippen LogP contribution in [0.3, 0.4) is 0 Å². The van der Waals surface area contributed by atoms with E-state index in [1.165, 1.54) is 16.3 Å². The van der Waals surface area contributed by atoms with Crippen LogP contribution in [0.15, 0.2) is 193 Å². The van der Waals surface area contributed by atoms with Gasteiger partial charge in [0, 0.05) is 33.2 Å².